The first kappa shape index (κ1) is 22.6. The summed E-state index contributed by atoms with van der Waals surface area (Å²) in [5, 5.41) is 2.82. The molecule has 166 valence electrons. The van der Waals surface area contributed by atoms with Crippen molar-refractivity contribution in [1.29, 1.82) is 0 Å². The molecule has 31 heavy (non-hydrogen) atoms. The average molecular weight is 426 g/mol. The normalized spacial score (nSPS) is 14.6. The minimum absolute atomic E-state index is 0.00547. The molecule has 1 aliphatic heterocycles. The van der Waals surface area contributed by atoms with Crippen LogP contribution in [0.3, 0.4) is 0 Å². The molecule has 1 aliphatic rings. The molecule has 7 nitrogen and oxygen atoms in total. The molecular formula is C24H31N3O4. The van der Waals surface area contributed by atoms with Crippen LogP contribution in [0.5, 0.6) is 17.2 Å². The van der Waals surface area contributed by atoms with E-state index in [9.17, 15) is 9.59 Å². The maximum absolute atomic E-state index is 12.6. The smallest absolute Gasteiger partial charge is 0.260 e. The number of carbonyl (C=O) groups excluding carboxylic acids is 2. The van der Waals surface area contributed by atoms with Crippen molar-refractivity contribution >= 4 is 11.8 Å². The van der Waals surface area contributed by atoms with Crippen LogP contribution in [0.1, 0.15) is 18.9 Å². The molecular weight excluding hydrogens is 394 g/mol. The van der Waals surface area contributed by atoms with Gasteiger partial charge in [0.05, 0.1) is 6.54 Å². The number of benzene rings is 2. The quantitative estimate of drug-likeness (QED) is 0.704. The Morgan fingerprint density at radius 3 is 2.23 bits per heavy atom. The predicted molar refractivity (Wildman–Crippen MR) is 120 cm³/mol. The molecule has 1 N–H and O–H groups in total. The van der Waals surface area contributed by atoms with Crippen LogP contribution in [-0.2, 0) is 9.59 Å². The van der Waals surface area contributed by atoms with Gasteiger partial charge in [-0.2, -0.15) is 0 Å². The fourth-order valence-electron chi connectivity index (χ4n) is 3.42. The minimum Gasteiger partial charge on any atom is -0.484 e. The highest BCUT2D eigenvalue weighted by Gasteiger charge is 2.20. The topological polar surface area (TPSA) is 71.1 Å². The molecule has 2 amide bonds. The molecule has 2 aromatic rings. The highest BCUT2D eigenvalue weighted by atomic mass is 16.5. The molecule has 0 aromatic heterocycles. The summed E-state index contributed by atoms with van der Waals surface area (Å²) in [5.74, 6) is 2.09. The molecule has 0 atom stereocenters. The monoisotopic (exact) mass is 425 g/mol. The lowest BCUT2D eigenvalue weighted by Gasteiger charge is -2.21. The Bertz CT molecular complexity index is 852. The van der Waals surface area contributed by atoms with Crippen molar-refractivity contribution in [2.24, 2.45) is 0 Å². The molecule has 1 fully saturated rings. The van der Waals surface area contributed by atoms with E-state index in [0.717, 1.165) is 18.7 Å². The number of aryl methyl sites for hydroxylation is 1. The van der Waals surface area contributed by atoms with Gasteiger partial charge in [0.15, 0.2) is 6.61 Å². The molecule has 7 heteroatoms. The third kappa shape index (κ3) is 7.29. The highest BCUT2D eigenvalue weighted by Crippen LogP contribution is 2.24. The van der Waals surface area contributed by atoms with Crippen LogP contribution < -0.4 is 14.8 Å². The first-order valence-electron chi connectivity index (χ1n) is 10.8. The highest BCUT2D eigenvalue weighted by molar-refractivity contribution is 5.78. The second kappa shape index (κ2) is 11.4. The number of ether oxygens (including phenoxy) is 2. The lowest BCUT2D eigenvalue weighted by Crippen LogP contribution is -2.40. The predicted octanol–water partition coefficient (Wildman–Crippen LogP) is 2.84. The van der Waals surface area contributed by atoms with E-state index in [1.54, 1.807) is 12.1 Å². The summed E-state index contributed by atoms with van der Waals surface area (Å²) >= 11 is 0. The van der Waals surface area contributed by atoms with Crippen LogP contribution in [0.2, 0.25) is 0 Å². The fourth-order valence-corrected chi connectivity index (χ4v) is 3.42. The van der Waals surface area contributed by atoms with Gasteiger partial charge in [0.25, 0.3) is 5.91 Å². The number of likely N-dealkylation sites (N-methyl/N-ethyl adjacent to an activating group) is 1. The first-order chi connectivity index (χ1) is 15.0. The van der Waals surface area contributed by atoms with Crippen LogP contribution in [0.25, 0.3) is 0 Å². The van der Waals surface area contributed by atoms with Gasteiger partial charge in [-0.25, -0.2) is 0 Å². The number of rotatable bonds is 8. The lowest BCUT2D eigenvalue weighted by molar-refractivity contribution is -0.133. The average Bonchev–Trinajstić information content (AvgIpc) is 3.00. The zero-order valence-corrected chi connectivity index (χ0v) is 18.3. The van der Waals surface area contributed by atoms with E-state index in [0.29, 0.717) is 44.2 Å². The van der Waals surface area contributed by atoms with Gasteiger partial charge in [-0.1, -0.05) is 17.7 Å². The maximum atomic E-state index is 12.6. The van der Waals surface area contributed by atoms with Crippen LogP contribution in [-0.4, -0.2) is 67.5 Å². The summed E-state index contributed by atoms with van der Waals surface area (Å²) in [6, 6.07) is 15.1. The van der Waals surface area contributed by atoms with Crippen molar-refractivity contribution in [2.75, 3.05) is 45.9 Å². The van der Waals surface area contributed by atoms with Crippen LogP contribution in [0, 0.1) is 6.92 Å². The van der Waals surface area contributed by atoms with Gasteiger partial charge >= 0.3 is 0 Å². The Morgan fingerprint density at radius 2 is 1.55 bits per heavy atom. The van der Waals surface area contributed by atoms with E-state index < -0.39 is 0 Å². The zero-order valence-electron chi connectivity index (χ0n) is 18.3. The second-order valence-corrected chi connectivity index (χ2v) is 7.64. The Morgan fingerprint density at radius 1 is 0.903 bits per heavy atom. The van der Waals surface area contributed by atoms with E-state index in [4.69, 9.17) is 9.47 Å². The van der Waals surface area contributed by atoms with E-state index in [1.807, 2.05) is 55.1 Å². The first-order valence-corrected chi connectivity index (χ1v) is 10.8. The fraction of sp³-hybridized carbons (Fsp3) is 0.417. The molecule has 0 saturated carbocycles. The Hall–Kier alpha value is -3.06. The summed E-state index contributed by atoms with van der Waals surface area (Å²) in [4.78, 5) is 28.2. The van der Waals surface area contributed by atoms with Gasteiger partial charge in [-0.15, -0.1) is 0 Å². The van der Waals surface area contributed by atoms with Crippen molar-refractivity contribution < 1.29 is 19.1 Å². The van der Waals surface area contributed by atoms with Crippen molar-refractivity contribution in [3.63, 3.8) is 0 Å². The van der Waals surface area contributed by atoms with E-state index >= 15 is 0 Å². The number of carbonyl (C=O) groups is 2. The summed E-state index contributed by atoms with van der Waals surface area (Å²) in [5.41, 5.74) is 1.18. The second-order valence-electron chi connectivity index (χ2n) is 7.64. The van der Waals surface area contributed by atoms with E-state index in [2.05, 4.69) is 10.2 Å². The number of nitrogens with one attached hydrogen (secondary N) is 1. The third-order valence-electron chi connectivity index (χ3n) is 5.13. The van der Waals surface area contributed by atoms with Crippen LogP contribution in [0.4, 0.5) is 0 Å². The van der Waals surface area contributed by atoms with Crippen molar-refractivity contribution in [3.8, 4) is 17.2 Å². The van der Waals surface area contributed by atoms with Crippen molar-refractivity contribution in [2.45, 2.75) is 20.3 Å². The number of hydrogen-bond donors (Lipinski definition) is 1. The molecule has 0 spiro atoms. The Labute approximate surface area is 183 Å². The largest absolute Gasteiger partial charge is 0.484 e. The lowest BCUT2D eigenvalue weighted by atomic mass is 10.2. The molecule has 2 aromatic carbocycles. The molecule has 0 bridgehead atoms. The number of hydrogen-bond acceptors (Lipinski definition) is 5. The number of amides is 2. The van der Waals surface area contributed by atoms with Crippen LogP contribution in [0.15, 0.2) is 48.5 Å². The van der Waals surface area contributed by atoms with Gasteiger partial charge in [0, 0.05) is 32.7 Å². The van der Waals surface area contributed by atoms with Gasteiger partial charge in [0.2, 0.25) is 5.91 Å². The standard InChI is InChI=1S/C24H31N3O4/c1-3-25-23(28)17-26-13-4-14-27(16-15-26)24(29)18-30-20-9-11-22(12-10-20)31-21-7-5-19(2)6-8-21/h5-12H,3-4,13-18H2,1-2H3,(H,25,28). The van der Waals surface area contributed by atoms with Gasteiger partial charge < -0.3 is 19.7 Å². The summed E-state index contributed by atoms with van der Waals surface area (Å²) in [6.07, 6.45) is 0.843. The van der Waals surface area contributed by atoms with Gasteiger partial charge in [-0.3, -0.25) is 14.5 Å². The SMILES string of the molecule is CCNC(=O)CN1CCCN(C(=O)COc2ccc(Oc3ccc(C)cc3)cc2)CC1. The van der Waals surface area contributed by atoms with Crippen molar-refractivity contribution in [3.05, 3.63) is 54.1 Å². The third-order valence-corrected chi connectivity index (χ3v) is 5.13. The minimum atomic E-state index is -0.0418. The maximum Gasteiger partial charge on any atom is 0.260 e. The molecule has 0 aliphatic carbocycles. The van der Waals surface area contributed by atoms with Crippen molar-refractivity contribution in [1.82, 2.24) is 15.1 Å². The van der Waals surface area contributed by atoms with E-state index in [-0.39, 0.29) is 18.4 Å². The van der Waals surface area contributed by atoms with Crippen LogP contribution >= 0.6 is 0 Å². The summed E-state index contributed by atoms with van der Waals surface area (Å²) in [6.45, 7) is 7.72. The Kier molecular flexibility index (Phi) is 8.29. The molecule has 0 unspecified atom stereocenters. The summed E-state index contributed by atoms with van der Waals surface area (Å²) < 4.78 is 11.5. The van der Waals surface area contributed by atoms with Gasteiger partial charge in [-0.05, 0) is 56.7 Å². The molecule has 0 radical (unpaired) electrons. The molecule has 1 heterocycles. The van der Waals surface area contributed by atoms with Gasteiger partial charge in [0.1, 0.15) is 17.2 Å². The molecule has 1 saturated heterocycles. The number of nitrogens with zero attached hydrogens (tertiary/aromatic N) is 2. The molecule has 3 rings (SSSR count). The Balaban J connectivity index is 1.43. The summed E-state index contributed by atoms with van der Waals surface area (Å²) in [7, 11) is 0. The zero-order chi connectivity index (χ0) is 22.1. The van der Waals surface area contributed by atoms with E-state index in [1.165, 1.54) is 5.56 Å².